The molecule has 8 nitrogen and oxygen atoms in total. The lowest BCUT2D eigenvalue weighted by atomic mass is 10.0. The molecule has 38 heavy (non-hydrogen) atoms. The summed E-state index contributed by atoms with van der Waals surface area (Å²) in [5.41, 5.74) is 0.437. The zero-order chi connectivity index (χ0) is 26.1. The summed E-state index contributed by atoms with van der Waals surface area (Å²) in [6.07, 6.45) is 0.226. The molecular weight excluding hydrogens is 543 g/mol. The summed E-state index contributed by atoms with van der Waals surface area (Å²) in [7, 11) is 1.40. The van der Waals surface area contributed by atoms with Gasteiger partial charge in [-0.05, 0) is 31.0 Å². The van der Waals surface area contributed by atoms with E-state index in [1.165, 1.54) is 24.9 Å². The third-order valence-corrected chi connectivity index (χ3v) is 7.57. The summed E-state index contributed by atoms with van der Waals surface area (Å²) in [4.78, 5) is 35.0. The lowest BCUT2D eigenvalue weighted by Crippen LogP contribution is -2.52. The maximum atomic E-state index is 15.0. The molecule has 1 saturated heterocycles. The first-order chi connectivity index (χ1) is 17.8. The molecule has 1 aromatic carbocycles. The van der Waals surface area contributed by atoms with Crippen LogP contribution in [0.4, 0.5) is 19.0 Å². The molecule has 4 heterocycles. The lowest BCUT2D eigenvalue weighted by molar-refractivity contribution is -0.113. The summed E-state index contributed by atoms with van der Waals surface area (Å²) < 4.78 is 49.1. The number of aromatic nitrogens is 2. The second-order valence-corrected chi connectivity index (χ2v) is 9.92. The van der Waals surface area contributed by atoms with E-state index < -0.39 is 29.8 Å². The number of nitrogens with zero attached hydrogens (tertiary/aromatic N) is 3. The van der Waals surface area contributed by atoms with E-state index in [0.29, 0.717) is 30.7 Å². The number of hydrogen-bond acceptors (Lipinski definition) is 7. The smallest absolute Gasteiger partial charge is 0.270 e. The molecule has 2 aromatic heterocycles. The van der Waals surface area contributed by atoms with Crippen LogP contribution >= 0.6 is 24.2 Å². The molecule has 0 aliphatic carbocycles. The SMILES string of the molecule is COc1cc(F)c2ncc(F)c(CCN3CCC(NC(=O)c4ccc5c(n4)NC(=O)CS5)C(F)C3)c2c1.Cl. The third-order valence-electron chi connectivity index (χ3n) is 6.52. The van der Waals surface area contributed by atoms with E-state index in [1.54, 1.807) is 18.2 Å². The van der Waals surface area contributed by atoms with E-state index in [4.69, 9.17) is 4.74 Å². The number of carbonyl (C=O) groups is 2. The monoisotopic (exact) mass is 567 g/mol. The molecule has 5 rings (SSSR count). The molecule has 2 amide bonds. The van der Waals surface area contributed by atoms with Gasteiger partial charge < -0.3 is 15.4 Å². The predicted octanol–water partition coefficient (Wildman–Crippen LogP) is 3.77. The van der Waals surface area contributed by atoms with Crippen molar-refractivity contribution in [2.45, 2.75) is 30.0 Å². The minimum atomic E-state index is -1.35. The average molecular weight is 568 g/mol. The van der Waals surface area contributed by atoms with Crippen LogP contribution < -0.4 is 15.4 Å². The predicted molar refractivity (Wildman–Crippen MR) is 140 cm³/mol. The van der Waals surface area contributed by atoms with Gasteiger partial charge in [-0.2, -0.15) is 0 Å². The van der Waals surface area contributed by atoms with Gasteiger partial charge in [-0.1, -0.05) is 0 Å². The Labute approximate surface area is 227 Å². The number of halogens is 4. The van der Waals surface area contributed by atoms with Gasteiger partial charge in [0.2, 0.25) is 5.91 Å². The molecule has 3 aromatic rings. The Bertz CT molecular complexity index is 1380. The van der Waals surface area contributed by atoms with Crippen LogP contribution in [0.25, 0.3) is 10.9 Å². The number of alkyl halides is 1. The number of likely N-dealkylation sites (tertiary alicyclic amines) is 1. The Morgan fingerprint density at radius 1 is 1.29 bits per heavy atom. The van der Waals surface area contributed by atoms with E-state index in [1.807, 2.05) is 4.90 Å². The molecule has 202 valence electrons. The number of rotatable bonds is 6. The molecule has 2 N–H and O–H groups in total. The van der Waals surface area contributed by atoms with Crippen LogP contribution in [-0.4, -0.2) is 71.4 Å². The third kappa shape index (κ3) is 5.82. The fraction of sp³-hybridized carbons (Fsp3) is 0.360. The van der Waals surface area contributed by atoms with E-state index in [-0.39, 0.29) is 59.6 Å². The highest BCUT2D eigenvalue weighted by molar-refractivity contribution is 8.00. The molecule has 2 aliphatic rings. The Morgan fingerprint density at radius 2 is 2.11 bits per heavy atom. The highest BCUT2D eigenvalue weighted by Crippen LogP contribution is 2.30. The maximum absolute atomic E-state index is 15.0. The molecule has 0 bridgehead atoms. The number of nitrogens with one attached hydrogen (secondary N) is 2. The minimum Gasteiger partial charge on any atom is -0.497 e. The summed E-state index contributed by atoms with van der Waals surface area (Å²) in [5, 5.41) is 5.66. The quantitative estimate of drug-likeness (QED) is 0.468. The van der Waals surface area contributed by atoms with Crippen molar-refractivity contribution >= 4 is 52.7 Å². The van der Waals surface area contributed by atoms with Crippen molar-refractivity contribution in [3.8, 4) is 5.75 Å². The Morgan fingerprint density at radius 3 is 2.87 bits per heavy atom. The van der Waals surface area contributed by atoms with E-state index in [0.717, 1.165) is 11.1 Å². The van der Waals surface area contributed by atoms with Crippen molar-refractivity contribution in [1.29, 1.82) is 0 Å². The van der Waals surface area contributed by atoms with Crippen molar-refractivity contribution in [3.05, 3.63) is 53.4 Å². The normalized spacial score (nSPS) is 19.3. The highest BCUT2D eigenvalue weighted by Gasteiger charge is 2.31. The van der Waals surface area contributed by atoms with E-state index in [9.17, 15) is 18.4 Å². The second kappa shape index (κ2) is 11.7. The van der Waals surface area contributed by atoms with Crippen LogP contribution in [0, 0.1) is 11.6 Å². The van der Waals surface area contributed by atoms with Crippen LogP contribution in [0.15, 0.2) is 35.4 Å². The Kier molecular flexibility index (Phi) is 8.64. The number of thioether (sulfide) groups is 1. The topological polar surface area (TPSA) is 96.4 Å². The van der Waals surface area contributed by atoms with Crippen LogP contribution in [0.3, 0.4) is 0 Å². The number of methoxy groups -OCH3 is 1. The second-order valence-electron chi connectivity index (χ2n) is 8.91. The van der Waals surface area contributed by atoms with Crippen LogP contribution in [-0.2, 0) is 11.2 Å². The summed E-state index contributed by atoms with van der Waals surface area (Å²) in [5.74, 6) is -1.01. The number of carbonyl (C=O) groups excluding carboxylic acids is 2. The number of pyridine rings is 2. The lowest BCUT2D eigenvalue weighted by Gasteiger charge is -2.35. The van der Waals surface area contributed by atoms with Crippen molar-refractivity contribution in [1.82, 2.24) is 20.2 Å². The summed E-state index contributed by atoms with van der Waals surface area (Å²) in [6.45, 7) is 0.884. The number of ether oxygens (including phenoxy) is 1. The van der Waals surface area contributed by atoms with Gasteiger partial charge in [0.15, 0.2) is 5.82 Å². The van der Waals surface area contributed by atoms with Crippen LogP contribution in [0.5, 0.6) is 5.75 Å². The number of hydrogen-bond donors (Lipinski definition) is 2. The minimum absolute atomic E-state index is 0. The van der Waals surface area contributed by atoms with Gasteiger partial charge >= 0.3 is 0 Å². The molecule has 0 saturated carbocycles. The van der Waals surface area contributed by atoms with Gasteiger partial charge in [-0.25, -0.2) is 18.2 Å². The molecule has 0 radical (unpaired) electrons. The number of fused-ring (bicyclic) bond motifs is 2. The van der Waals surface area contributed by atoms with Gasteiger partial charge in [0.25, 0.3) is 5.91 Å². The van der Waals surface area contributed by atoms with Crippen molar-refractivity contribution < 1.29 is 27.5 Å². The number of benzene rings is 1. The molecular formula is C25H25ClF3N5O3S. The average Bonchev–Trinajstić information content (AvgIpc) is 2.88. The van der Waals surface area contributed by atoms with Crippen molar-refractivity contribution in [2.75, 3.05) is 37.8 Å². The first-order valence-electron chi connectivity index (χ1n) is 11.7. The fourth-order valence-corrected chi connectivity index (χ4v) is 5.33. The van der Waals surface area contributed by atoms with Gasteiger partial charge in [0, 0.05) is 36.7 Å². The number of anilines is 1. The van der Waals surface area contributed by atoms with Gasteiger partial charge in [-0.3, -0.25) is 19.5 Å². The van der Waals surface area contributed by atoms with Crippen LogP contribution in [0.1, 0.15) is 22.5 Å². The van der Waals surface area contributed by atoms with E-state index in [2.05, 4.69) is 20.6 Å². The van der Waals surface area contributed by atoms with Gasteiger partial charge in [0.1, 0.15) is 34.8 Å². The van der Waals surface area contributed by atoms with Crippen molar-refractivity contribution in [3.63, 3.8) is 0 Å². The zero-order valence-electron chi connectivity index (χ0n) is 20.3. The Hall–Kier alpha value is -3.09. The molecule has 0 spiro atoms. The highest BCUT2D eigenvalue weighted by atomic mass is 35.5. The fourth-order valence-electron chi connectivity index (χ4n) is 4.57. The Balaban J connectivity index is 0.00000336. The first kappa shape index (κ1) is 27.9. The molecule has 2 aliphatic heterocycles. The zero-order valence-corrected chi connectivity index (χ0v) is 21.9. The summed E-state index contributed by atoms with van der Waals surface area (Å²) in [6, 6.07) is 5.29. The summed E-state index contributed by atoms with van der Waals surface area (Å²) >= 11 is 1.34. The molecule has 2 unspecified atom stereocenters. The molecule has 1 fully saturated rings. The van der Waals surface area contributed by atoms with Gasteiger partial charge in [-0.15, -0.1) is 24.2 Å². The molecule has 2 atom stereocenters. The van der Waals surface area contributed by atoms with Crippen molar-refractivity contribution in [2.24, 2.45) is 0 Å². The van der Waals surface area contributed by atoms with Gasteiger partial charge in [0.05, 0.1) is 30.0 Å². The number of amides is 2. The van der Waals surface area contributed by atoms with E-state index >= 15 is 4.39 Å². The molecule has 13 heteroatoms. The maximum Gasteiger partial charge on any atom is 0.270 e. The first-order valence-corrected chi connectivity index (χ1v) is 12.7. The standard InChI is InChI=1S/C25H24F3N5O3S.ClH/c1-36-13-8-15-14(17(27)10-29-23(15)16(26)9-13)4-6-33-7-5-19(18(28)11-33)31-25(35)20-2-3-21-24(30-20)32-22(34)12-37-21;/h2-3,8-10,18-19H,4-7,11-12H2,1H3,(H,31,35)(H,30,32,34);1H. The number of piperidine rings is 1. The largest absolute Gasteiger partial charge is 0.497 e. The van der Waals surface area contributed by atoms with Crippen LogP contribution in [0.2, 0.25) is 0 Å².